The van der Waals surface area contributed by atoms with Gasteiger partial charge in [0, 0.05) is 43.9 Å². The molecule has 0 spiro atoms. The van der Waals surface area contributed by atoms with Crippen molar-refractivity contribution >= 4 is 5.95 Å². The summed E-state index contributed by atoms with van der Waals surface area (Å²) in [6, 6.07) is 15.8. The molecule has 0 N–H and O–H groups in total. The van der Waals surface area contributed by atoms with E-state index in [0.29, 0.717) is 0 Å². The Bertz CT molecular complexity index is 941. The lowest BCUT2D eigenvalue weighted by molar-refractivity contribution is 0.170. The van der Waals surface area contributed by atoms with Gasteiger partial charge in [0.2, 0.25) is 5.95 Å². The number of hydrogen-bond donors (Lipinski definition) is 0. The number of benzene rings is 2. The van der Waals surface area contributed by atoms with E-state index in [-0.39, 0.29) is 6.10 Å². The minimum absolute atomic E-state index is 0.178. The SMILES string of the molecule is COc1ccc(OC)c(-c2cccc(OC3CCN(c4ncccn4)CC3)c2)c1. The molecule has 2 aromatic carbocycles. The molecule has 0 radical (unpaired) electrons. The molecule has 0 aliphatic carbocycles. The smallest absolute Gasteiger partial charge is 0.225 e. The second-order valence-corrected chi connectivity index (χ2v) is 6.95. The highest BCUT2D eigenvalue weighted by atomic mass is 16.5. The molecular weight excluding hydrogens is 366 g/mol. The molecule has 1 fully saturated rings. The summed E-state index contributed by atoms with van der Waals surface area (Å²) >= 11 is 0. The Morgan fingerprint density at radius 3 is 2.38 bits per heavy atom. The molecule has 0 saturated carbocycles. The maximum Gasteiger partial charge on any atom is 0.225 e. The number of aromatic nitrogens is 2. The Hall–Kier alpha value is -3.28. The van der Waals surface area contributed by atoms with Gasteiger partial charge in [-0.15, -0.1) is 0 Å². The van der Waals surface area contributed by atoms with Gasteiger partial charge in [-0.25, -0.2) is 9.97 Å². The monoisotopic (exact) mass is 391 g/mol. The minimum Gasteiger partial charge on any atom is -0.497 e. The number of rotatable bonds is 6. The number of ether oxygens (including phenoxy) is 3. The Morgan fingerprint density at radius 1 is 0.862 bits per heavy atom. The van der Waals surface area contributed by atoms with Crippen LogP contribution in [0.25, 0.3) is 11.1 Å². The zero-order chi connectivity index (χ0) is 20.1. The van der Waals surface area contributed by atoms with Crippen molar-refractivity contribution in [1.82, 2.24) is 9.97 Å². The summed E-state index contributed by atoms with van der Waals surface area (Å²) in [4.78, 5) is 10.9. The summed E-state index contributed by atoms with van der Waals surface area (Å²) in [7, 11) is 3.34. The topological polar surface area (TPSA) is 56.7 Å². The van der Waals surface area contributed by atoms with Gasteiger partial charge in [0.15, 0.2) is 0 Å². The molecule has 0 atom stereocenters. The first-order valence-corrected chi connectivity index (χ1v) is 9.78. The lowest BCUT2D eigenvalue weighted by Crippen LogP contribution is -2.39. The minimum atomic E-state index is 0.178. The molecule has 1 aromatic heterocycles. The molecule has 1 aliphatic heterocycles. The van der Waals surface area contributed by atoms with E-state index in [4.69, 9.17) is 14.2 Å². The summed E-state index contributed by atoms with van der Waals surface area (Å²) in [5.41, 5.74) is 2.02. The highest BCUT2D eigenvalue weighted by molar-refractivity contribution is 5.73. The average Bonchev–Trinajstić information content (AvgIpc) is 2.80. The Balaban J connectivity index is 1.45. The predicted molar refractivity (Wildman–Crippen MR) is 113 cm³/mol. The van der Waals surface area contributed by atoms with Crippen LogP contribution in [0.1, 0.15) is 12.8 Å². The van der Waals surface area contributed by atoms with Gasteiger partial charge in [-0.05, 0) is 42.0 Å². The molecule has 0 bridgehead atoms. The number of methoxy groups -OCH3 is 2. The molecule has 6 nitrogen and oxygen atoms in total. The molecule has 0 amide bonds. The van der Waals surface area contributed by atoms with Gasteiger partial charge in [0.1, 0.15) is 23.4 Å². The summed E-state index contributed by atoms with van der Waals surface area (Å²) < 4.78 is 17.2. The third-order valence-corrected chi connectivity index (χ3v) is 5.13. The van der Waals surface area contributed by atoms with E-state index in [1.165, 1.54) is 0 Å². The van der Waals surface area contributed by atoms with Crippen LogP contribution in [0.5, 0.6) is 17.2 Å². The van der Waals surface area contributed by atoms with E-state index >= 15 is 0 Å². The summed E-state index contributed by atoms with van der Waals surface area (Å²) in [6.45, 7) is 1.77. The van der Waals surface area contributed by atoms with Crippen LogP contribution in [0.2, 0.25) is 0 Å². The fourth-order valence-electron chi connectivity index (χ4n) is 3.60. The molecule has 1 aliphatic rings. The molecule has 6 heteroatoms. The maximum absolute atomic E-state index is 6.29. The van der Waals surface area contributed by atoms with Gasteiger partial charge < -0.3 is 19.1 Å². The van der Waals surface area contributed by atoms with E-state index in [0.717, 1.165) is 60.3 Å². The van der Waals surface area contributed by atoms with Crippen LogP contribution in [0, 0.1) is 0 Å². The van der Waals surface area contributed by atoms with E-state index in [1.807, 2.05) is 36.4 Å². The number of anilines is 1. The van der Waals surface area contributed by atoms with Crippen molar-refractivity contribution in [1.29, 1.82) is 0 Å². The third-order valence-electron chi connectivity index (χ3n) is 5.13. The zero-order valence-corrected chi connectivity index (χ0v) is 16.7. The van der Waals surface area contributed by atoms with E-state index in [9.17, 15) is 0 Å². The molecule has 4 rings (SSSR count). The number of hydrogen-bond acceptors (Lipinski definition) is 6. The Kier molecular flexibility index (Phi) is 5.79. The van der Waals surface area contributed by atoms with Crippen LogP contribution in [0.3, 0.4) is 0 Å². The van der Waals surface area contributed by atoms with E-state index in [1.54, 1.807) is 26.6 Å². The van der Waals surface area contributed by atoms with Crippen molar-refractivity contribution < 1.29 is 14.2 Å². The molecule has 1 saturated heterocycles. The molecule has 3 aromatic rings. The van der Waals surface area contributed by atoms with Gasteiger partial charge >= 0.3 is 0 Å². The van der Waals surface area contributed by atoms with Crippen molar-refractivity contribution in [3.8, 4) is 28.4 Å². The Morgan fingerprint density at radius 2 is 1.66 bits per heavy atom. The van der Waals surface area contributed by atoms with Crippen molar-refractivity contribution in [3.05, 3.63) is 60.9 Å². The van der Waals surface area contributed by atoms with Crippen LogP contribution in [-0.2, 0) is 0 Å². The van der Waals surface area contributed by atoms with Crippen LogP contribution >= 0.6 is 0 Å². The highest BCUT2D eigenvalue weighted by Gasteiger charge is 2.22. The summed E-state index contributed by atoms with van der Waals surface area (Å²) in [5.74, 6) is 3.25. The maximum atomic E-state index is 6.29. The van der Waals surface area contributed by atoms with Gasteiger partial charge in [-0.1, -0.05) is 12.1 Å². The zero-order valence-electron chi connectivity index (χ0n) is 16.7. The lowest BCUT2D eigenvalue weighted by atomic mass is 10.0. The summed E-state index contributed by atoms with van der Waals surface area (Å²) in [6.07, 6.45) is 5.61. The molecule has 29 heavy (non-hydrogen) atoms. The van der Waals surface area contributed by atoms with Gasteiger partial charge in [0.05, 0.1) is 14.2 Å². The first kappa shape index (κ1) is 19.1. The Labute approximate surface area is 171 Å². The van der Waals surface area contributed by atoms with Crippen molar-refractivity contribution in [3.63, 3.8) is 0 Å². The van der Waals surface area contributed by atoms with Crippen LogP contribution in [0.15, 0.2) is 60.9 Å². The second kappa shape index (κ2) is 8.82. The van der Waals surface area contributed by atoms with Crippen molar-refractivity contribution in [2.24, 2.45) is 0 Å². The first-order chi connectivity index (χ1) is 14.3. The second-order valence-electron chi connectivity index (χ2n) is 6.95. The van der Waals surface area contributed by atoms with E-state index in [2.05, 4.69) is 27.0 Å². The largest absolute Gasteiger partial charge is 0.497 e. The number of nitrogens with zero attached hydrogens (tertiary/aromatic N) is 3. The predicted octanol–water partition coefficient (Wildman–Crippen LogP) is 4.21. The molecule has 2 heterocycles. The molecule has 0 unspecified atom stereocenters. The average molecular weight is 391 g/mol. The normalized spacial score (nSPS) is 14.5. The van der Waals surface area contributed by atoms with Crippen LogP contribution in [-0.4, -0.2) is 43.4 Å². The molecular formula is C23H25N3O3. The van der Waals surface area contributed by atoms with Gasteiger partial charge in [-0.2, -0.15) is 0 Å². The van der Waals surface area contributed by atoms with Crippen LogP contribution < -0.4 is 19.1 Å². The number of piperidine rings is 1. The van der Waals surface area contributed by atoms with Crippen molar-refractivity contribution in [2.45, 2.75) is 18.9 Å². The molecule has 150 valence electrons. The van der Waals surface area contributed by atoms with E-state index < -0.39 is 0 Å². The van der Waals surface area contributed by atoms with Crippen LogP contribution in [0.4, 0.5) is 5.95 Å². The first-order valence-electron chi connectivity index (χ1n) is 9.78. The quantitative estimate of drug-likeness (QED) is 0.627. The lowest BCUT2D eigenvalue weighted by Gasteiger charge is -2.32. The highest BCUT2D eigenvalue weighted by Crippen LogP contribution is 2.35. The van der Waals surface area contributed by atoms with Gasteiger partial charge in [-0.3, -0.25) is 0 Å². The van der Waals surface area contributed by atoms with Crippen molar-refractivity contribution in [2.75, 3.05) is 32.2 Å². The van der Waals surface area contributed by atoms with Gasteiger partial charge in [0.25, 0.3) is 0 Å². The summed E-state index contributed by atoms with van der Waals surface area (Å²) in [5, 5.41) is 0. The standard InChI is InChI=1S/C23H25N3O3/c1-27-19-7-8-22(28-2)21(16-19)17-5-3-6-20(15-17)29-18-9-13-26(14-10-18)23-24-11-4-12-25-23/h3-8,11-12,15-16,18H,9-10,13-14H2,1-2H3. The third kappa shape index (κ3) is 4.42. The fourth-order valence-corrected chi connectivity index (χ4v) is 3.60. The fraction of sp³-hybridized carbons (Fsp3) is 0.304.